The quantitative estimate of drug-likeness (QED) is 0.815. The second kappa shape index (κ2) is 8.61. The molecule has 26 heavy (non-hydrogen) atoms. The zero-order chi connectivity index (χ0) is 18.4. The summed E-state index contributed by atoms with van der Waals surface area (Å²) in [5, 5.41) is 5.93. The van der Waals surface area contributed by atoms with E-state index < -0.39 is 0 Å². The van der Waals surface area contributed by atoms with Gasteiger partial charge in [-0.1, -0.05) is 37.8 Å². The van der Waals surface area contributed by atoms with Gasteiger partial charge in [-0.3, -0.25) is 14.6 Å². The average molecular weight is 351 g/mol. The minimum Gasteiger partial charge on any atom is -0.349 e. The van der Waals surface area contributed by atoms with Crippen molar-refractivity contribution in [3.8, 4) is 0 Å². The van der Waals surface area contributed by atoms with Crippen molar-refractivity contribution in [1.82, 2.24) is 10.3 Å². The van der Waals surface area contributed by atoms with Gasteiger partial charge in [-0.05, 0) is 43.5 Å². The Balaban J connectivity index is 1.66. The van der Waals surface area contributed by atoms with Crippen LogP contribution < -0.4 is 10.6 Å². The van der Waals surface area contributed by atoms with E-state index in [0.29, 0.717) is 11.1 Å². The van der Waals surface area contributed by atoms with Gasteiger partial charge in [0.1, 0.15) is 0 Å². The van der Waals surface area contributed by atoms with Gasteiger partial charge in [0.15, 0.2) is 0 Å². The van der Waals surface area contributed by atoms with E-state index in [2.05, 4.69) is 15.6 Å². The highest BCUT2D eigenvalue weighted by atomic mass is 16.2. The summed E-state index contributed by atoms with van der Waals surface area (Å²) in [5.74, 6) is -0.429. The van der Waals surface area contributed by atoms with E-state index in [1.165, 1.54) is 25.2 Å². The Hall–Kier alpha value is -2.69. The molecule has 2 aromatic rings. The fourth-order valence-electron chi connectivity index (χ4n) is 3.31. The number of carbonyl (C=O) groups is 2. The molecule has 1 aromatic carbocycles. The predicted molar refractivity (Wildman–Crippen MR) is 102 cm³/mol. The van der Waals surface area contributed by atoms with Gasteiger partial charge in [-0.2, -0.15) is 0 Å². The number of hydrogen-bond donors (Lipinski definition) is 2. The van der Waals surface area contributed by atoms with Gasteiger partial charge in [0, 0.05) is 24.1 Å². The first kappa shape index (κ1) is 18.1. The smallest absolute Gasteiger partial charge is 0.257 e. The lowest BCUT2D eigenvalue weighted by Gasteiger charge is -2.16. The summed E-state index contributed by atoms with van der Waals surface area (Å²) in [6.07, 6.45) is 9.82. The maximum atomic E-state index is 12.5. The standard InChI is InChI=1S/C21H25N3O2/c1-15-7-6-10-19(11-15)24-21(26)17-12-16(13-22-14-17)20(25)23-18-8-4-2-3-5-9-18/h6-7,10-14,18H,2-5,8-9H2,1H3,(H,23,25)(H,24,26). The molecule has 0 bridgehead atoms. The summed E-state index contributed by atoms with van der Waals surface area (Å²) in [4.78, 5) is 29.0. The zero-order valence-electron chi connectivity index (χ0n) is 15.1. The maximum absolute atomic E-state index is 12.5. The minimum absolute atomic E-state index is 0.158. The number of carbonyl (C=O) groups excluding carboxylic acids is 2. The fraction of sp³-hybridized carbons (Fsp3) is 0.381. The lowest BCUT2D eigenvalue weighted by atomic mass is 10.1. The first-order chi connectivity index (χ1) is 12.6. The number of rotatable bonds is 4. The van der Waals surface area contributed by atoms with Gasteiger partial charge in [0.2, 0.25) is 0 Å². The van der Waals surface area contributed by atoms with E-state index in [-0.39, 0.29) is 17.9 Å². The van der Waals surface area contributed by atoms with Crippen molar-refractivity contribution in [3.05, 3.63) is 59.4 Å². The van der Waals surface area contributed by atoms with Gasteiger partial charge < -0.3 is 10.6 Å². The van der Waals surface area contributed by atoms with Crippen LogP contribution in [0.25, 0.3) is 0 Å². The Labute approximate surface area is 154 Å². The molecule has 1 aromatic heterocycles. The number of aryl methyl sites for hydroxylation is 1. The number of nitrogens with one attached hydrogen (secondary N) is 2. The largest absolute Gasteiger partial charge is 0.349 e. The number of nitrogens with zero attached hydrogens (tertiary/aromatic N) is 1. The zero-order valence-corrected chi connectivity index (χ0v) is 15.1. The van der Waals surface area contributed by atoms with Crippen LogP contribution in [0.1, 0.15) is 64.8 Å². The number of benzene rings is 1. The third kappa shape index (κ3) is 4.91. The molecule has 2 amide bonds. The highest BCUT2D eigenvalue weighted by Crippen LogP contribution is 2.18. The van der Waals surface area contributed by atoms with Gasteiger partial charge in [-0.15, -0.1) is 0 Å². The Bertz CT molecular complexity index is 780. The van der Waals surface area contributed by atoms with Gasteiger partial charge in [0.05, 0.1) is 11.1 Å². The number of amides is 2. The van der Waals surface area contributed by atoms with Crippen molar-refractivity contribution in [2.24, 2.45) is 0 Å². The van der Waals surface area contributed by atoms with Crippen LogP contribution in [0.15, 0.2) is 42.7 Å². The molecule has 0 saturated heterocycles. The lowest BCUT2D eigenvalue weighted by molar-refractivity contribution is 0.0933. The van der Waals surface area contributed by atoms with Crippen LogP contribution in [0.2, 0.25) is 0 Å². The maximum Gasteiger partial charge on any atom is 0.257 e. The molecule has 1 aliphatic carbocycles. The van der Waals surface area contributed by atoms with Crippen LogP contribution in [-0.4, -0.2) is 22.8 Å². The first-order valence-electron chi connectivity index (χ1n) is 9.26. The Morgan fingerprint density at radius 3 is 2.35 bits per heavy atom. The molecule has 0 spiro atoms. The molecule has 1 heterocycles. The van der Waals surface area contributed by atoms with Crippen LogP contribution >= 0.6 is 0 Å². The molecule has 136 valence electrons. The van der Waals surface area contributed by atoms with E-state index in [9.17, 15) is 9.59 Å². The summed E-state index contributed by atoms with van der Waals surface area (Å²) < 4.78 is 0. The second-order valence-electron chi connectivity index (χ2n) is 6.95. The van der Waals surface area contributed by atoms with Crippen molar-refractivity contribution in [2.45, 2.75) is 51.5 Å². The molecule has 0 unspecified atom stereocenters. The van der Waals surface area contributed by atoms with E-state index in [1.807, 2.05) is 31.2 Å². The SMILES string of the molecule is Cc1cccc(NC(=O)c2cncc(C(=O)NC3CCCCCC3)c2)c1. The normalized spacial score (nSPS) is 15.1. The third-order valence-electron chi connectivity index (χ3n) is 4.73. The molecule has 1 saturated carbocycles. The average Bonchev–Trinajstić information content (AvgIpc) is 2.90. The second-order valence-corrected chi connectivity index (χ2v) is 6.95. The number of aromatic nitrogens is 1. The summed E-state index contributed by atoms with van der Waals surface area (Å²) in [6.45, 7) is 1.97. The number of pyridine rings is 1. The Kier molecular flexibility index (Phi) is 6.00. The molecule has 0 atom stereocenters. The molecule has 0 aliphatic heterocycles. The van der Waals surface area contributed by atoms with Crippen LogP contribution in [0.4, 0.5) is 5.69 Å². The summed E-state index contributed by atoms with van der Waals surface area (Å²) in [6, 6.07) is 9.41. The van der Waals surface area contributed by atoms with Crippen LogP contribution in [-0.2, 0) is 0 Å². The van der Waals surface area contributed by atoms with Gasteiger partial charge in [0.25, 0.3) is 11.8 Å². The van der Waals surface area contributed by atoms with Crippen LogP contribution in [0.5, 0.6) is 0 Å². The molecule has 1 aliphatic rings. The van der Waals surface area contributed by atoms with Crippen LogP contribution in [0.3, 0.4) is 0 Å². The van der Waals surface area contributed by atoms with Crippen molar-refractivity contribution in [3.63, 3.8) is 0 Å². The highest BCUT2D eigenvalue weighted by molar-refractivity contribution is 6.05. The monoisotopic (exact) mass is 351 g/mol. The Morgan fingerprint density at radius 2 is 1.65 bits per heavy atom. The minimum atomic E-state index is -0.271. The molecule has 5 nitrogen and oxygen atoms in total. The molecular weight excluding hydrogens is 326 g/mol. The van der Waals surface area contributed by atoms with Crippen molar-refractivity contribution < 1.29 is 9.59 Å². The first-order valence-corrected chi connectivity index (χ1v) is 9.26. The van der Waals surface area contributed by atoms with E-state index in [1.54, 1.807) is 6.07 Å². The number of hydrogen-bond acceptors (Lipinski definition) is 3. The van der Waals surface area contributed by atoms with Crippen LogP contribution in [0, 0.1) is 6.92 Å². The molecule has 2 N–H and O–H groups in total. The fourth-order valence-corrected chi connectivity index (χ4v) is 3.31. The molecular formula is C21H25N3O2. The lowest BCUT2D eigenvalue weighted by Crippen LogP contribution is -2.34. The Morgan fingerprint density at radius 1 is 0.962 bits per heavy atom. The molecule has 0 radical (unpaired) electrons. The van der Waals surface area contributed by atoms with E-state index in [0.717, 1.165) is 36.9 Å². The summed E-state index contributed by atoms with van der Waals surface area (Å²) in [7, 11) is 0. The summed E-state index contributed by atoms with van der Waals surface area (Å²) >= 11 is 0. The molecule has 5 heteroatoms. The topological polar surface area (TPSA) is 71.1 Å². The van der Waals surface area contributed by atoms with Crippen molar-refractivity contribution in [2.75, 3.05) is 5.32 Å². The van der Waals surface area contributed by atoms with Gasteiger partial charge in [-0.25, -0.2) is 0 Å². The van der Waals surface area contributed by atoms with E-state index in [4.69, 9.17) is 0 Å². The highest BCUT2D eigenvalue weighted by Gasteiger charge is 2.17. The van der Waals surface area contributed by atoms with E-state index >= 15 is 0 Å². The number of anilines is 1. The summed E-state index contributed by atoms with van der Waals surface area (Å²) in [5.41, 5.74) is 2.59. The molecule has 1 fully saturated rings. The molecule has 3 rings (SSSR count). The third-order valence-corrected chi connectivity index (χ3v) is 4.73. The van der Waals surface area contributed by atoms with Crippen molar-refractivity contribution in [1.29, 1.82) is 0 Å². The predicted octanol–water partition coefficient (Wildman–Crippen LogP) is 4.09. The van der Waals surface area contributed by atoms with Crippen molar-refractivity contribution >= 4 is 17.5 Å². The van der Waals surface area contributed by atoms with Gasteiger partial charge >= 0.3 is 0 Å².